The first-order valence-electron chi connectivity index (χ1n) is 10.5. The van der Waals surface area contributed by atoms with Gasteiger partial charge in [-0.15, -0.1) is 0 Å². The van der Waals surface area contributed by atoms with Crippen molar-refractivity contribution in [3.63, 3.8) is 0 Å². The quantitative estimate of drug-likeness (QED) is 0.406. The van der Waals surface area contributed by atoms with Crippen molar-refractivity contribution in [2.75, 3.05) is 27.0 Å². The minimum absolute atomic E-state index is 0.0179. The molecule has 0 fully saturated rings. The predicted molar refractivity (Wildman–Crippen MR) is 123 cm³/mol. The summed E-state index contributed by atoms with van der Waals surface area (Å²) in [6.07, 6.45) is 0.707. The van der Waals surface area contributed by atoms with Crippen LogP contribution in [-0.2, 0) is 32.6 Å². The van der Waals surface area contributed by atoms with Crippen LogP contribution >= 0.6 is 0 Å². The van der Waals surface area contributed by atoms with Crippen LogP contribution in [0.3, 0.4) is 0 Å². The van der Waals surface area contributed by atoms with E-state index in [2.05, 4.69) is 0 Å². The van der Waals surface area contributed by atoms with Crippen LogP contribution < -0.4 is 5.48 Å². The number of hydrogen-bond donors (Lipinski definition) is 2. The number of sulfone groups is 1. The molecule has 0 saturated heterocycles. The summed E-state index contributed by atoms with van der Waals surface area (Å²) in [7, 11) is -0.605. The van der Waals surface area contributed by atoms with E-state index in [0.717, 1.165) is 11.8 Å². The lowest BCUT2D eigenvalue weighted by Crippen LogP contribution is -2.50. The minimum atomic E-state index is -3.88. The number of fused-ring (bicyclic) bond motifs is 1. The zero-order chi connectivity index (χ0) is 25.3. The highest BCUT2D eigenvalue weighted by molar-refractivity contribution is 7.92. The van der Waals surface area contributed by atoms with Crippen LogP contribution in [0.2, 0.25) is 0 Å². The van der Waals surface area contributed by atoms with Gasteiger partial charge in [0.15, 0.2) is 14.6 Å². The van der Waals surface area contributed by atoms with E-state index in [4.69, 9.17) is 10.0 Å². The van der Waals surface area contributed by atoms with Crippen LogP contribution in [-0.4, -0.2) is 67.1 Å². The molecule has 1 unspecified atom stereocenters. The van der Waals surface area contributed by atoms with Gasteiger partial charge in [-0.3, -0.25) is 14.8 Å². The molecule has 9 nitrogen and oxygen atoms in total. The van der Waals surface area contributed by atoms with Gasteiger partial charge >= 0.3 is 0 Å². The Morgan fingerprint density at radius 1 is 1.26 bits per heavy atom. The van der Waals surface area contributed by atoms with Gasteiger partial charge in [0.05, 0.1) is 7.11 Å². The molecule has 0 aromatic heterocycles. The van der Waals surface area contributed by atoms with Crippen LogP contribution in [0.4, 0.5) is 4.39 Å². The summed E-state index contributed by atoms with van der Waals surface area (Å²) in [5.74, 6) is -1.76. The van der Waals surface area contributed by atoms with Gasteiger partial charge in [-0.1, -0.05) is 18.2 Å². The van der Waals surface area contributed by atoms with E-state index < -0.39 is 26.3 Å². The fourth-order valence-electron chi connectivity index (χ4n) is 3.88. The van der Waals surface area contributed by atoms with Crippen molar-refractivity contribution in [2.24, 2.45) is 0 Å². The van der Waals surface area contributed by atoms with E-state index >= 15 is 0 Å². The van der Waals surface area contributed by atoms with Crippen molar-refractivity contribution in [1.82, 2.24) is 15.4 Å². The molecule has 2 aromatic carbocycles. The Labute approximate surface area is 197 Å². The van der Waals surface area contributed by atoms with Gasteiger partial charge in [-0.25, -0.2) is 18.3 Å². The lowest BCUT2D eigenvalue weighted by Gasteiger charge is -2.27. The van der Waals surface area contributed by atoms with Crippen molar-refractivity contribution >= 4 is 21.7 Å². The number of rotatable bonds is 9. The largest absolute Gasteiger partial charge is 0.334 e. The number of carbonyl (C=O) groups excluding carboxylic acids is 2. The zero-order valence-electron chi connectivity index (χ0n) is 19.5. The molecule has 0 spiro atoms. The SMILES string of the molecule is CON(C)Cc1ccc(-c2ccc3c(c2)CN(CCC(C)(C(=O)NO)S(C)(=O)=O)C3=O)c(F)c1. The first kappa shape index (κ1) is 25.8. The molecule has 184 valence electrons. The highest BCUT2D eigenvalue weighted by Crippen LogP contribution is 2.31. The second kappa shape index (κ2) is 9.79. The first-order chi connectivity index (χ1) is 15.9. The fourth-order valence-corrected chi connectivity index (χ4v) is 4.72. The molecule has 1 aliphatic heterocycles. The maximum atomic E-state index is 14.8. The summed E-state index contributed by atoms with van der Waals surface area (Å²) in [6.45, 7) is 1.80. The molecule has 0 saturated carbocycles. The van der Waals surface area contributed by atoms with Crippen molar-refractivity contribution in [3.05, 3.63) is 58.9 Å². The third-order valence-corrected chi connectivity index (χ3v) is 8.33. The molecule has 11 heteroatoms. The fraction of sp³-hybridized carbons (Fsp3) is 0.391. The van der Waals surface area contributed by atoms with E-state index in [9.17, 15) is 22.4 Å². The van der Waals surface area contributed by atoms with Crippen molar-refractivity contribution < 1.29 is 32.4 Å². The van der Waals surface area contributed by atoms with Crippen LogP contribution in [0.5, 0.6) is 0 Å². The topological polar surface area (TPSA) is 116 Å². The Balaban J connectivity index is 1.79. The Morgan fingerprint density at radius 3 is 2.53 bits per heavy atom. The molecular weight excluding hydrogens is 465 g/mol. The average molecular weight is 494 g/mol. The third-order valence-electron chi connectivity index (χ3n) is 6.30. The first-order valence-corrected chi connectivity index (χ1v) is 12.4. The summed E-state index contributed by atoms with van der Waals surface area (Å²) < 4.78 is 37.3. The van der Waals surface area contributed by atoms with Gasteiger partial charge in [-0.05, 0) is 48.2 Å². The standard InChI is InChI=1S/C23H28FN3O6S/c1-23(22(29)25-30,34(4,31)32)9-10-27-14-17-12-16(6-8-19(17)21(27)28)18-7-5-15(11-20(18)24)13-26(2)33-3/h5-8,11-12,30H,9-10,13-14H2,1-4H3,(H,25,29). The second-order valence-electron chi connectivity index (χ2n) is 8.58. The molecule has 0 radical (unpaired) electrons. The molecule has 0 aliphatic carbocycles. The zero-order valence-corrected chi connectivity index (χ0v) is 20.3. The molecule has 1 heterocycles. The van der Waals surface area contributed by atoms with Gasteiger partial charge in [0.1, 0.15) is 5.82 Å². The van der Waals surface area contributed by atoms with Gasteiger partial charge in [0.25, 0.3) is 11.8 Å². The Hall–Kier alpha value is -2.86. The van der Waals surface area contributed by atoms with Crippen molar-refractivity contribution in [2.45, 2.75) is 31.2 Å². The number of benzene rings is 2. The third kappa shape index (κ3) is 4.97. The number of amides is 2. The highest BCUT2D eigenvalue weighted by Gasteiger charge is 2.44. The summed E-state index contributed by atoms with van der Waals surface area (Å²) in [6, 6.07) is 9.94. The van der Waals surface area contributed by atoms with Gasteiger partial charge in [-0.2, -0.15) is 5.06 Å². The summed E-state index contributed by atoms with van der Waals surface area (Å²) in [4.78, 5) is 31.4. The maximum Gasteiger partial charge on any atom is 0.264 e. The molecule has 2 amide bonds. The molecular formula is C23H28FN3O6S. The number of nitrogens with zero attached hydrogens (tertiary/aromatic N) is 2. The van der Waals surface area contributed by atoms with E-state index in [1.54, 1.807) is 42.4 Å². The summed E-state index contributed by atoms with van der Waals surface area (Å²) in [5.41, 5.74) is 4.26. The number of hydrogen-bond acceptors (Lipinski definition) is 7. The number of nitrogens with one attached hydrogen (secondary N) is 1. The van der Waals surface area contributed by atoms with E-state index in [-0.39, 0.29) is 25.4 Å². The van der Waals surface area contributed by atoms with Crippen molar-refractivity contribution in [1.29, 1.82) is 0 Å². The molecule has 1 atom stereocenters. The van der Waals surface area contributed by atoms with Gasteiger partial charge in [0.2, 0.25) is 0 Å². The van der Waals surface area contributed by atoms with Crippen molar-refractivity contribution in [3.8, 4) is 11.1 Å². The van der Waals surface area contributed by atoms with Crippen LogP contribution in [0.1, 0.15) is 34.8 Å². The number of halogens is 1. The molecule has 34 heavy (non-hydrogen) atoms. The highest BCUT2D eigenvalue weighted by atomic mass is 32.2. The second-order valence-corrected chi connectivity index (χ2v) is 11.0. The predicted octanol–water partition coefficient (Wildman–Crippen LogP) is 2.14. The summed E-state index contributed by atoms with van der Waals surface area (Å²) in [5, 5.41) is 10.5. The molecule has 3 rings (SSSR count). The normalized spacial score (nSPS) is 15.4. The van der Waals surface area contributed by atoms with E-state index in [0.29, 0.717) is 28.8 Å². The smallest absolute Gasteiger partial charge is 0.264 e. The Morgan fingerprint density at radius 2 is 1.94 bits per heavy atom. The number of carbonyl (C=O) groups is 2. The molecule has 2 N–H and O–H groups in total. The van der Waals surface area contributed by atoms with Gasteiger partial charge < -0.3 is 9.74 Å². The maximum absolute atomic E-state index is 14.8. The van der Waals surface area contributed by atoms with Crippen LogP contribution in [0.15, 0.2) is 36.4 Å². The monoisotopic (exact) mass is 493 g/mol. The van der Waals surface area contributed by atoms with Crippen LogP contribution in [0, 0.1) is 5.82 Å². The minimum Gasteiger partial charge on any atom is -0.334 e. The molecule has 0 bridgehead atoms. The van der Waals surface area contributed by atoms with E-state index in [1.807, 2.05) is 0 Å². The summed E-state index contributed by atoms with van der Waals surface area (Å²) >= 11 is 0. The molecule has 2 aromatic rings. The number of hydroxylamine groups is 3. The lowest BCUT2D eigenvalue weighted by molar-refractivity contribution is -0.131. The van der Waals surface area contributed by atoms with Crippen LogP contribution in [0.25, 0.3) is 11.1 Å². The molecule has 1 aliphatic rings. The van der Waals surface area contributed by atoms with Gasteiger partial charge in [0, 0.05) is 44.1 Å². The lowest BCUT2D eigenvalue weighted by atomic mass is 9.99. The average Bonchev–Trinajstić information content (AvgIpc) is 3.10. The Kier molecular flexibility index (Phi) is 7.41. The Bertz CT molecular complexity index is 1220. The van der Waals surface area contributed by atoms with E-state index in [1.165, 1.54) is 30.5 Å².